The highest BCUT2D eigenvalue weighted by Crippen LogP contribution is 2.27. The predicted octanol–water partition coefficient (Wildman–Crippen LogP) is 4.42. The molecular formula is C15H15BrF2N2OS. The zero-order valence-electron chi connectivity index (χ0n) is 12.1. The van der Waals surface area contributed by atoms with Crippen molar-refractivity contribution in [3.05, 3.63) is 50.6 Å². The number of benzene rings is 1. The first-order valence-corrected chi connectivity index (χ1v) is 8.23. The number of carbonyl (C=O) groups excluding carboxylic acids is 1. The van der Waals surface area contributed by atoms with E-state index in [1.807, 2.05) is 36.4 Å². The highest BCUT2D eigenvalue weighted by molar-refractivity contribution is 9.10. The minimum atomic E-state index is -0.811. The van der Waals surface area contributed by atoms with Crippen molar-refractivity contribution in [1.29, 1.82) is 0 Å². The van der Waals surface area contributed by atoms with E-state index in [2.05, 4.69) is 21.2 Å². The third kappa shape index (κ3) is 4.12. The number of halogens is 3. The van der Waals surface area contributed by atoms with Crippen molar-refractivity contribution in [3.8, 4) is 0 Å². The van der Waals surface area contributed by atoms with Crippen LogP contribution in [0.3, 0.4) is 0 Å². The molecule has 2 rings (SSSR count). The number of rotatable bonds is 5. The number of hydrogen-bond donors (Lipinski definition) is 1. The van der Waals surface area contributed by atoms with Crippen molar-refractivity contribution in [3.63, 3.8) is 0 Å². The first-order chi connectivity index (χ1) is 10.4. The second kappa shape index (κ2) is 7.30. The lowest BCUT2D eigenvalue weighted by molar-refractivity contribution is -0.117. The molecule has 0 saturated carbocycles. The Morgan fingerprint density at radius 2 is 2.18 bits per heavy atom. The van der Waals surface area contributed by atoms with Crippen LogP contribution < -0.4 is 5.32 Å². The fourth-order valence-electron chi connectivity index (χ4n) is 1.95. The normalized spacial score (nSPS) is 12.5. The lowest BCUT2D eigenvalue weighted by Crippen LogP contribution is -2.32. The van der Waals surface area contributed by atoms with Gasteiger partial charge in [0.1, 0.15) is 5.82 Å². The molecule has 0 fully saturated rings. The molecule has 0 aliphatic rings. The summed E-state index contributed by atoms with van der Waals surface area (Å²) in [4.78, 5) is 15.1. The van der Waals surface area contributed by atoms with Crippen LogP contribution in [0.2, 0.25) is 0 Å². The average molecular weight is 389 g/mol. The molecule has 0 radical (unpaired) electrons. The topological polar surface area (TPSA) is 32.3 Å². The summed E-state index contributed by atoms with van der Waals surface area (Å²) in [5.41, 5.74) is -0.0522. The Balaban J connectivity index is 2.01. The van der Waals surface area contributed by atoms with Gasteiger partial charge in [0.05, 0.1) is 12.2 Å². The molecule has 1 amide bonds. The van der Waals surface area contributed by atoms with Crippen LogP contribution in [0, 0.1) is 11.6 Å². The SMILES string of the molecule is CC(c1cccs1)N(C)CC(=O)Nc1c(F)cc(F)cc1Br. The maximum atomic E-state index is 13.7. The molecule has 7 heteroatoms. The molecule has 1 aromatic heterocycles. The zero-order chi connectivity index (χ0) is 16.3. The van der Waals surface area contributed by atoms with Crippen LogP contribution in [0.15, 0.2) is 34.1 Å². The summed E-state index contributed by atoms with van der Waals surface area (Å²) in [7, 11) is 1.82. The second-order valence-electron chi connectivity index (χ2n) is 4.90. The van der Waals surface area contributed by atoms with Gasteiger partial charge in [0.15, 0.2) is 5.82 Å². The Kier molecular flexibility index (Phi) is 5.66. The standard InChI is InChI=1S/C15H15BrF2N2OS/c1-9(13-4-3-5-22-13)20(2)8-14(21)19-15-11(16)6-10(17)7-12(15)18/h3-7,9H,8H2,1-2H3,(H,19,21). The monoisotopic (exact) mass is 388 g/mol. The maximum Gasteiger partial charge on any atom is 0.238 e. The van der Waals surface area contributed by atoms with E-state index in [-0.39, 0.29) is 28.7 Å². The van der Waals surface area contributed by atoms with Gasteiger partial charge < -0.3 is 5.32 Å². The van der Waals surface area contributed by atoms with Gasteiger partial charge in [-0.1, -0.05) is 6.07 Å². The molecule has 1 N–H and O–H groups in total. The van der Waals surface area contributed by atoms with Gasteiger partial charge in [-0.2, -0.15) is 0 Å². The Morgan fingerprint density at radius 3 is 2.77 bits per heavy atom. The number of anilines is 1. The third-order valence-electron chi connectivity index (χ3n) is 3.28. The molecule has 22 heavy (non-hydrogen) atoms. The van der Waals surface area contributed by atoms with Gasteiger partial charge in [-0.25, -0.2) is 8.78 Å². The van der Waals surface area contributed by atoms with E-state index in [1.165, 1.54) is 0 Å². The molecule has 1 heterocycles. The summed E-state index contributed by atoms with van der Waals surface area (Å²) >= 11 is 4.66. The Morgan fingerprint density at radius 1 is 1.45 bits per heavy atom. The highest BCUT2D eigenvalue weighted by Gasteiger charge is 2.18. The van der Waals surface area contributed by atoms with E-state index in [1.54, 1.807) is 11.3 Å². The summed E-state index contributed by atoms with van der Waals surface area (Å²) in [5.74, 6) is -1.88. The molecule has 2 aromatic rings. The van der Waals surface area contributed by atoms with Crippen LogP contribution in [-0.4, -0.2) is 24.4 Å². The van der Waals surface area contributed by atoms with Crippen molar-refractivity contribution in [2.45, 2.75) is 13.0 Å². The van der Waals surface area contributed by atoms with Gasteiger partial charge in [0, 0.05) is 21.5 Å². The van der Waals surface area contributed by atoms with Crippen molar-refractivity contribution in [2.24, 2.45) is 0 Å². The van der Waals surface area contributed by atoms with Gasteiger partial charge >= 0.3 is 0 Å². The molecule has 1 aromatic carbocycles. The Bertz CT molecular complexity index is 641. The summed E-state index contributed by atoms with van der Waals surface area (Å²) in [6.07, 6.45) is 0. The minimum Gasteiger partial charge on any atom is -0.322 e. The number of carbonyl (C=O) groups is 1. The highest BCUT2D eigenvalue weighted by atomic mass is 79.9. The molecule has 118 valence electrons. The van der Waals surface area contributed by atoms with Gasteiger partial charge in [-0.05, 0) is 47.4 Å². The van der Waals surface area contributed by atoms with Crippen molar-refractivity contribution in [1.82, 2.24) is 4.90 Å². The molecule has 0 saturated heterocycles. The zero-order valence-corrected chi connectivity index (χ0v) is 14.5. The van der Waals surface area contributed by atoms with Crippen LogP contribution in [0.1, 0.15) is 17.8 Å². The fourth-order valence-corrected chi connectivity index (χ4v) is 3.31. The Labute approximate surface area is 140 Å². The average Bonchev–Trinajstić information content (AvgIpc) is 2.95. The van der Waals surface area contributed by atoms with Crippen LogP contribution in [0.25, 0.3) is 0 Å². The number of amides is 1. The minimum absolute atomic E-state index is 0.0522. The maximum absolute atomic E-state index is 13.7. The lowest BCUT2D eigenvalue weighted by Gasteiger charge is -2.23. The second-order valence-corrected chi connectivity index (χ2v) is 6.73. The van der Waals surface area contributed by atoms with Crippen molar-refractivity contribution in [2.75, 3.05) is 18.9 Å². The van der Waals surface area contributed by atoms with Gasteiger partial charge in [-0.15, -0.1) is 11.3 Å². The number of nitrogens with one attached hydrogen (secondary N) is 1. The summed E-state index contributed by atoms with van der Waals surface area (Å²) in [6.45, 7) is 2.09. The fraction of sp³-hybridized carbons (Fsp3) is 0.267. The van der Waals surface area contributed by atoms with Crippen LogP contribution in [-0.2, 0) is 4.79 Å². The van der Waals surface area contributed by atoms with E-state index in [9.17, 15) is 13.6 Å². The van der Waals surface area contributed by atoms with Crippen LogP contribution >= 0.6 is 27.3 Å². The molecular weight excluding hydrogens is 374 g/mol. The summed E-state index contributed by atoms with van der Waals surface area (Å²) in [5, 5.41) is 4.45. The van der Waals surface area contributed by atoms with E-state index >= 15 is 0 Å². The summed E-state index contributed by atoms with van der Waals surface area (Å²) in [6, 6.07) is 5.87. The Hall–Kier alpha value is -1.31. The first-order valence-electron chi connectivity index (χ1n) is 6.56. The van der Waals surface area contributed by atoms with Crippen molar-refractivity contribution < 1.29 is 13.6 Å². The predicted molar refractivity (Wildman–Crippen MR) is 88.1 cm³/mol. The number of hydrogen-bond acceptors (Lipinski definition) is 3. The van der Waals surface area contributed by atoms with Crippen molar-refractivity contribution >= 4 is 38.9 Å². The molecule has 1 unspecified atom stereocenters. The van der Waals surface area contributed by atoms with E-state index in [0.29, 0.717) is 0 Å². The lowest BCUT2D eigenvalue weighted by atomic mass is 10.2. The molecule has 0 aliphatic heterocycles. The number of likely N-dealkylation sites (N-methyl/N-ethyl adjacent to an activating group) is 1. The smallest absolute Gasteiger partial charge is 0.238 e. The van der Waals surface area contributed by atoms with E-state index < -0.39 is 11.6 Å². The molecule has 0 spiro atoms. The van der Waals surface area contributed by atoms with Gasteiger partial charge in [-0.3, -0.25) is 9.69 Å². The quantitative estimate of drug-likeness (QED) is 0.821. The van der Waals surface area contributed by atoms with Gasteiger partial charge in [0.2, 0.25) is 5.91 Å². The number of thiophene rings is 1. The largest absolute Gasteiger partial charge is 0.322 e. The van der Waals surface area contributed by atoms with Gasteiger partial charge in [0.25, 0.3) is 0 Å². The van der Waals surface area contributed by atoms with E-state index in [4.69, 9.17) is 0 Å². The van der Waals surface area contributed by atoms with Crippen LogP contribution in [0.4, 0.5) is 14.5 Å². The van der Waals surface area contributed by atoms with Crippen LogP contribution in [0.5, 0.6) is 0 Å². The summed E-state index contributed by atoms with van der Waals surface area (Å²) < 4.78 is 26.9. The first kappa shape index (κ1) is 17.1. The molecule has 0 bridgehead atoms. The molecule has 0 aliphatic carbocycles. The molecule has 3 nitrogen and oxygen atoms in total. The third-order valence-corrected chi connectivity index (χ3v) is 4.95. The molecule has 1 atom stereocenters. The number of nitrogens with zero attached hydrogens (tertiary/aromatic N) is 1. The van der Waals surface area contributed by atoms with E-state index in [0.717, 1.165) is 17.0 Å².